The fraction of sp³-hybridized carbons (Fsp3) is 0.222. The first-order valence-electron chi connectivity index (χ1n) is 3.44. The van der Waals surface area contributed by atoms with Crippen LogP contribution in [0.3, 0.4) is 0 Å². The van der Waals surface area contributed by atoms with Gasteiger partial charge in [0.05, 0.1) is 19.8 Å². The summed E-state index contributed by atoms with van der Waals surface area (Å²) in [6, 6.07) is 7.08. The molecule has 0 aliphatic heterocycles. The van der Waals surface area contributed by atoms with Gasteiger partial charge in [0.2, 0.25) is 0 Å². The molecule has 0 fully saturated rings. The summed E-state index contributed by atoms with van der Waals surface area (Å²) in [5.41, 5.74) is 0.512. The fourth-order valence-electron chi connectivity index (χ4n) is 0.891. The molecule has 1 aromatic carbocycles. The number of benzene rings is 1. The van der Waals surface area contributed by atoms with Crippen molar-refractivity contribution in [1.29, 1.82) is 5.26 Å². The lowest BCUT2D eigenvalue weighted by atomic mass is 10.2. The molecule has 0 aliphatic rings. The first kappa shape index (κ1) is 8.41. The summed E-state index contributed by atoms with van der Waals surface area (Å²) >= 11 is 0. The SMILES string of the molecule is COc1ccc(C#N)c(OC)c1. The minimum Gasteiger partial charge on any atom is -0.497 e. The molecule has 62 valence electrons. The van der Waals surface area contributed by atoms with Gasteiger partial charge in [-0.05, 0) is 12.1 Å². The number of methoxy groups -OCH3 is 2. The first-order chi connectivity index (χ1) is 5.81. The zero-order chi connectivity index (χ0) is 8.97. The summed E-state index contributed by atoms with van der Waals surface area (Å²) in [5.74, 6) is 1.22. The van der Waals surface area contributed by atoms with Crippen molar-refractivity contribution in [2.45, 2.75) is 0 Å². The monoisotopic (exact) mass is 163 g/mol. The Kier molecular flexibility index (Phi) is 2.54. The lowest BCUT2D eigenvalue weighted by Gasteiger charge is -2.04. The molecule has 0 bridgehead atoms. The lowest BCUT2D eigenvalue weighted by molar-refractivity contribution is 0.393. The third-order valence-corrected chi connectivity index (χ3v) is 1.53. The van der Waals surface area contributed by atoms with Gasteiger partial charge in [-0.3, -0.25) is 0 Å². The molecule has 0 aromatic heterocycles. The van der Waals surface area contributed by atoms with Gasteiger partial charge in [-0.1, -0.05) is 0 Å². The van der Waals surface area contributed by atoms with Crippen LogP contribution >= 0.6 is 0 Å². The van der Waals surface area contributed by atoms with Crippen LogP contribution in [0.25, 0.3) is 0 Å². The molecular weight excluding hydrogens is 154 g/mol. The van der Waals surface area contributed by atoms with Crippen LogP contribution in [0.4, 0.5) is 0 Å². The molecule has 0 saturated carbocycles. The second kappa shape index (κ2) is 3.63. The van der Waals surface area contributed by atoms with Crippen LogP contribution < -0.4 is 9.47 Å². The Hall–Kier alpha value is -1.69. The summed E-state index contributed by atoms with van der Waals surface area (Å²) in [6.07, 6.45) is 0. The molecule has 12 heavy (non-hydrogen) atoms. The van der Waals surface area contributed by atoms with E-state index in [1.807, 2.05) is 6.07 Å². The average Bonchev–Trinajstić information content (AvgIpc) is 2.16. The molecule has 0 spiro atoms. The molecule has 3 heteroatoms. The van der Waals surface area contributed by atoms with Crippen molar-refractivity contribution in [3.8, 4) is 17.6 Å². The Morgan fingerprint density at radius 2 is 2.00 bits per heavy atom. The number of hydrogen-bond donors (Lipinski definition) is 0. The summed E-state index contributed by atoms with van der Waals surface area (Å²) < 4.78 is 9.94. The van der Waals surface area contributed by atoms with Gasteiger partial charge in [-0.15, -0.1) is 0 Å². The molecule has 0 amide bonds. The highest BCUT2D eigenvalue weighted by Crippen LogP contribution is 2.23. The van der Waals surface area contributed by atoms with Crippen molar-refractivity contribution >= 4 is 0 Å². The van der Waals surface area contributed by atoms with Gasteiger partial charge in [0.15, 0.2) is 0 Å². The number of ether oxygens (including phenoxy) is 2. The number of hydrogen-bond acceptors (Lipinski definition) is 3. The molecule has 0 radical (unpaired) electrons. The largest absolute Gasteiger partial charge is 0.497 e. The van der Waals surface area contributed by atoms with Gasteiger partial charge in [-0.2, -0.15) is 5.26 Å². The second-order valence-electron chi connectivity index (χ2n) is 2.18. The average molecular weight is 163 g/mol. The van der Waals surface area contributed by atoms with E-state index >= 15 is 0 Å². The minimum absolute atomic E-state index is 0.512. The molecule has 1 aromatic rings. The van der Waals surface area contributed by atoms with E-state index in [9.17, 15) is 0 Å². The highest BCUT2D eigenvalue weighted by Gasteiger charge is 2.02. The Bertz CT molecular complexity index is 315. The summed E-state index contributed by atoms with van der Waals surface area (Å²) in [4.78, 5) is 0. The summed E-state index contributed by atoms with van der Waals surface area (Å²) in [7, 11) is 3.09. The molecule has 3 nitrogen and oxygen atoms in total. The van der Waals surface area contributed by atoms with Crippen molar-refractivity contribution in [3.63, 3.8) is 0 Å². The van der Waals surface area contributed by atoms with Crippen LogP contribution in [0.5, 0.6) is 11.5 Å². The Morgan fingerprint density at radius 3 is 2.50 bits per heavy atom. The third kappa shape index (κ3) is 1.48. The molecule has 0 saturated heterocycles. The molecular formula is C9H9NO2. The van der Waals surface area contributed by atoms with Crippen LogP contribution in [0.2, 0.25) is 0 Å². The molecule has 0 N–H and O–H groups in total. The molecule has 1 rings (SSSR count). The van der Waals surface area contributed by atoms with Gasteiger partial charge in [0.1, 0.15) is 17.6 Å². The van der Waals surface area contributed by atoms with Gasteiger partial charge in [-0.25, -0.2) is 0 Å². The highest BCUT2D eigenvalue weighted by atomic mass is 16.5. The smallest absolute Gasteiger partial charge is 0.140 e. The highest BCUT2D eigenvalue weighted by molar-refractivity contribution is 5.47. The van der Waals surface area contributed by atoms with Gasteiger partial charge >= 0.3 is 0 Å². The topological polar surface area (TPSA) is 42.2 Å². The van der Waals surface area contributed by atoms with E-state index in [1.54, 1.807) is 25.3 Å². The number of nitrogens with zero attached hydrogens (tertiary/aromatic N) is 1. The van der Waals surface area contributed by atoms with Crippen molar-refractivity contribution in [3.05, 3.63) is 23.8 Å². The van der Waals surface area contributed by atoms with Crippen molar-refractivity contribution in [2.75, 3.05) is 14.2 Å². The van der Waals surface area contributed by atoms with Crippen molar-refractivity contribution in [2.24, 2.45) is 0 Å². The molecule has 0 aliphatic carbocycles. The van der Waals surface area contributed by atoms with E-state index in [1.165, 1.54) is 7.11 Å². The van der Waals surface area contributed by atoms with Gasteiger partial charge < -0.3 is 9.47 Å². The van der Waals surface area contributed by atoms with E-state index in [0.29, 0.717) is 17.1 Å². The van der Waals surface area contributed by atoms with E-state index < -0.39 is 0 Å². The predicted molar refractivity (Wildman–Crippen MR) is 44.3 cm³/mol. The van der Waals surface area contributed by atoms with Crippen LogP contribution in [-0.2, 0) is 0 Å². The fourth-order valence-corrected chi connectivity index (χ4v) is 0.891. The second-order valence-corrected chi connectivity index (χ2v) is 2.18. The van der Waals surface area contributed by atoms with Gasteiger partial charge in [0, 0.05) is 6.07 Å². The lowest BCUT2D eigenvalue weighted by Crippen LogP contribution is -1.89. The van der Waals surface area contributed by atoms with E-state index in [-0.39, 0.29) is 0 Å². The summed E-state index contributed by atoms with van der Waals surface area (Å²) in [5, 5.41) is 8.64. The Labute approximate surface area is 71.1 Å². The molecule has 0 atom stereocenters. The minimum atomic E-state index is 0.512. The summed E-state index contributed by atoms with van der Waals surface area (Å²) in [6.45, 7) is 0. The Morgan fingerprint density at radius 1 is 1.25 bits per heavy atom. The maximum atomic E-state index is 8.64. The van der Waals surface area contributed by atoms with Crippen LogP contribution in [0, 0.1) is 11.3 Å². The number of nitriles is 1. The van der Waals surface area contributed by atoms with Crippen LogP contribution in [-0.4, -0.2) is 14.2 Å². The predicted octanol–water partition coefficient (Wildman–Crippen LogP) is 1.58. The standard InChI is InChI=1S/C9H9NO2/c1-11-8-4-3-7(6-10)9(5-8)12-2/h3-5H,1-2H3. The molecule has 0 unspecified atom stereocenters. The Balaban J connectivity index is 3.13. The van der Waals surface area contributed by atoms with Crippen molar-refractivity contribution in [1.82, 2.24) is 0 Å². The maximum Gasteiger partial charge on any atom is 0.140 e. The van der Waals surface area contributed by atoms with Crippen LogP contribution in [0.1, 0.15) is 5.56 Å². The maximum absolute atomic E-state index is 8.64. The van der Waals surface area contributed by atoms with Crippen molar-refractivity contribution < 1.29 is 9.47 Å². The van der Waals surface area contributed by atoms with E-state index in [0.717, 1.165) is 0 Å². The normalized spacial score (nSPS) is 8.75. The zero-order valence-electron chi connectivity index (χ0n) is 7.00. The van der Waals surface area contributed by atoms with Gasteiger partial charge in [0.25, 0.3) is 0 Å². The third-order valence-electron chi connectivity index (χ3n) is 1.53. The first-order valence-corrected chi connectivity index (χ1v) is 3.44. The van der Waals surface area contributed by atoms with E-state index in [4.69, 9.17) is 14.7 Å². The molecule has 0 heterocycles. The zero-order valence-corrected chi connectivity index (χ0v) is 7.00. The van der Waals surface area contributed by atoms with E-state index in [2.05, 4.69) is 0 Å². The quantitative estimate of drug-likeness (QED) is 0.664. The van der Waals surface area contributed by atoms with Crippen LogP contribution in [0.15, 0.2) is 18.2 Å². The number of rotatable bonds is 2.